The Balaban J connectivity index is 2.34. The molecular weight excluding hydrogens is 292 g/mol. The van der Waals surface area contributed by atoms with Crippen molar-refractivity contribution >= 4 is 45.4 Å². The number of guanidine groups is 2. The molecule has 0 aliphatic carbocycles. The molecule has 106 valence electrons. The lowest BCUT2D eigenvalue weighted by atomic mass is 10.3. The molecule has 0 spiro atoms. The molecule has 1 heterocycles. The number of carbonyl (C=O) groups is 2. The van der Waals surface area contributed by atoms with Crippen molar-refractivity contribution in [3.8, 4) is 0 Å². The predicted molar refractivity (Wildman–Crippen MR) is 75.7 cm³/mol. The van der Waals surface area contributed by atoms with Gasteiger partial charge in [-0.3, -0.25) is 14.9 Å². The van der Waals surface area contributed by atoms with E-state index in [9.17, 15) is 9.59 Å². The average molecular weight is 306 g/mol. The SMILES string of the molecule is NC(N)=NC1=NC(CSSCC(N)C(=O)O)C(=O)N1. The van der Waals surface area contributed by atoms with Crippen LogP contribution in [-0.4, -0.2) is 52.5 Å². The second-order valence-corrected chi connectivity index (χ2v) is 6.06. The van der Waals surface area contributed by atoms with E-state index in [1.165, 1.54) is 21.6 Å². The van der Waals surface area contributed by atoms with Crippen LogP contribution in [0.4, 0.5) is 0 Å². The molecule has 0 aromatic rings. The van der Waals surface area contributed by atoms with Crippen LogP contribution in [0.1, 0.15) is 0 Å². The molecule has 1 aliphatic heterocycles. The van der Waals surface area contributed by atoms with Gasteiger partial charge in [0.15, 0.2) is 5.96 Å². The fourth-order valence-electron chi connectivity index (χ4n) is 1.03. The van der Waals surface area contributed by atoms with Crippen LogP contribution in [0.3, 0.4) is 0 Å². The minimum absolute atomic E-state index is 0.0860. The first-order chi connectivity index (χ1) is 8.90. The number of aliphatic imine (C=N–C) groups is 2. The summed E-state index contributed by atoms with van der Waals surface area (Å²) in [5, 5.41) is 11.0. The number of aliphatic carboxylic acids is 1. The summed E-state index contributed by atoms with van der Waals surface area (Å²) >= 11 is 0. The number of hydrogen-bond donors (Lipinski definition) is 5. The van der Waals surface area contributed by atoms with Crippen molar-refractivity contribution in [3.05, 3.63) is 0 Å². The minimum atomic E-state index is -1.06. The van der Waals surface area contributed by atoms with Gasteiger partial charge in [0.25, 0.3) is 5.91 Å². The van der Waals surface area contributed by atoms with E-state index in [4.69, 9.17) is 22.3 Å². The lowest BCUT2D eigenvalue weighted by Crippen LogP contribution is -2.32. The highest BCUT2D eigenvalue weighted by Crippen LogP contribution is 2.24. The van der Waals surface area contributed by atoms with Crippen molar-refractivity contribution in [1.82, 2.24) is 5.32 Å². The maximum Gasteiger partial charge on any atom is 0.321 e. The van der Waals surface area contributed by atoms with Gasteiger partial charge < -0.3 is 22.3 Å². The molecule has 0 bridgehead atoms. The van der Waals surface area contributed by atoms with Crippen LogP contribution in [-0.2, 0) is 9.59 Å². The van der Waals surface area contributed by atoms with Crippen LogP contribution in [0.25, 0.3) is 0 Å². The van der Waals surface area contributed by atoms with Crippen LogP contribution >= 0.6 is 21.6 Å². The summed E-state index contributed by atoms with van der Waals surface area (Å²) in [6.45, 7) is 0. The van der Waals surface area contributed by atoms with Gasteiger partial charge in [0.2, 0.25) is 5.96 Å². The molecule has 8 N–H and O–H groups in total. The van der Waals surface area contributed by atoms with Crippen molar-refractivity contribution in [2.75, 3.05) is 11.5 Å². The molecule has 9 nitrogen and oxygen atoms in total. The largest absolute Gasteiger partial charge is 0.480 e. The number of nitrogens with zero attached hydrogens (tertiary/aromatic N) is 2. The molecule has 1 aliphatic rings. The quantitative estimate of drug-likeness (QED) is 0.161. The summed E-state index contributed by atoms with van der Waals surface area (Å²) in [7, 11) is 2.59. The zero-order chi connectivity index (χ0) is 14.4. The third-order valence-corrected chi connectivity index (χ3v) is 4.35. The fraction of sp³-hybridized carbons (Fsp3) is 0.500. The van der Waals surface area contributed by atoms with Crippen LogP contribution in [0.15, 0.2) is 9.98 Å². The summed E-state index contributed by atoms with van der Waals surface area (Å²) in [5.74, 6) is -0.821. The highest BCUT2D eigenvalue weighted by Gasteiger charge is 2.26. The Labute approximate surface area is 116 Å². The van der Waals surface area contributed by atoms with E-state index in [-0.39, 0.29) is 23.6 Å². The van der Waals surface area contributed by atoms with Gasteiger partial charge in [-0.05, 0) is 0 Å². The van der Waals surface area contributed by atoms with Crippen molar-refractivity contribution < 1.29 is 14.7 Å². The molecule has 0 radical (unpaired) electrons. The normalized spacial score (nSPS) is 19.5. The Hall–Kier alpha value is -1.46. The molecule has 2 atom stereocenters. The predicted octanol–water partition coefficient (Wildman–Crippen LogP) is -2.09. The van der Waals surface area contributed by atoms with E-state index in [1.807, 2.05) is 0 Å². The first kappa shape index (κ1) is 15.6. The highest BCUT2D eigenvalue weighted by atomic mass is 33.1. The molecule has 0 aromatic carbocycles. The Bertz CT molecular complexity index is 423. The maximum absolute atomic E-state index is 11.5. The number of carboxylic acids is 1. The molecule has 0 saturated heterocycles. The molecule has 2 unspecified atom stereocenters. The summed E-state index contributed by atoms with van der Waals surface area (Å²) in [5.41, 5.74) is 15.7. The second kappa shape index (κ2) is 7.21. The number of rotatable bonds is 6. The number of carbonyl (C=O) groups excluding carboxylic acids is 1. The smallest absolute Gasteiger partial charge is 0.321 e. The lowest BCUT2D eigenvalue weighted by molar-refractivity contribution is -0.137. The van der Waals surface area contributed by atoms with Crippen molar-refractivity contribution in [1.29, 1.82) is 0 Å². The molecule has 0 aromatic heterocycles. The van der Waals surface area contributed by atoms with Crippen LogP contribution in [0, 0.1) is 0 Å². The van der Waals surface area contributed by atoms with Crippen molar-refractivity contribution in [3.63, 3.8) is 0 Å². The molecule has 19 heavy (non-hydrogen) atoms. The topological polar surface area (TPSA) is 169 Å². The third kappa shape index (κ3) is 5.36. The zero-order valence-electron chi connectivity index (χ0n) is 9.78. The molecule has 1 rings (SSSR count). The van der Waals surface area contributed by atoms with Crippen LogP contribution in [0.2, 0.25) is 0 Å². The van der Waals surface area contributed by atoms with Gasteiger partial charge in [-0.15, -0.1) is 0 Å². The monoisotopic (exact) mass is 306 g/mol. The number of carboxylic acid groups (broad SMARTS) is 1. The number of nitrogens with two attached hydrogens (primary N) is 3. The van der Waals surface area contributed by atoms with Gasteiger partial charge in [0.05, 0.1) is 0 Å². The average Bonchev–Trinajstić information content (AvgIpc) is 2.63. The fourth-order valence-corrected chi connectivity index (χ4v) is 3.27. The molecule has 1 amide bonds. The van der Waals surface area contributed by atoms with Crippen LogP contribution < -0.4 is 22.5 Å². The molecule has 11 heteroatoms. The van der Waals surface area contributed by atoms with Gasteiger partial charge in [0.1, 0.15) is 12.1 Å². The molecular formula is C8H14N6O3S2. The van der Waals surface area contributed by atoms with Gasteiger partial charge >= 0.3 is 5.97 Å². The van der Waals surface area contributed by atoms with Crippen LogP contribution in [0.5, 0.6) is 0 Å². The standard InChI is InChI=1S/C8H14N6O3S2/c9-3(6(16)17)1-18-19-2-4-5(15)13-8(12-4)14-7(10)11/h3-4H,1-2,9H2,(H,16,17)(H5,10,11,12,13,14,15). The van der Waals surface area contributed by atoms with E-state index >= 15 is 0 Å². The van der Waals surface area contributed by atoms with E-state index in [2.05, 4.69) is 15.3 Å². The zero-order valence-corrected chi connectivity index (χ0v) is 11.4. The summed E-state index contributed by atoms with van der Waals surface area (Å²) < 4.78 is 0. The Morgan fingerprint density at radius 2 is 2.21 bits per heavy atom. The second-order valence-electron chi connectivity index (χ2n) is 3.51. The van der Waals surface area contributed by atoms with Gasteiger partial charge in [-0.1, -0.05) is 21.6 Å². The summed E-state index contributed by atoms with van der Waals surface area (Å²) in [6, 6.07) is -1.51. The van der Waals surface area contributed by atoms with Crippen molar-refractivity contribution in [2.24, 2.45) is 27.2 Å². The third-order valence-electron chi connectivity index (χ3n) is 1.92. The van der Waals surface area contributed by atoms with E-state index in [0.29, 0.717) is 5.75 Å². The first-order valence-corrected chi connectivity index (χ1v) is 7.60. The first-order valence-electron chi connectivity index (χ1n) is 5.11. The van der Waals surface area contributed by atoms with Gasteiger partial charge in [0, 0.05) is 11.5 Å². The summed E-state index contributed by atoms with van der Waals surface area (Å²) in [6.07, 6.45) is 0. The van der Waals surface area contributed by atoms with E-state index < -0.39 is 18.1 Å². The number of amides is 1. The van der Waals surface area contributed by atoms with Gasteiger partial charge in [-0.25, -0.2) is 4.99 Å². The minimum Gasteiger partial charge on any atom is -0.480 e. The van der Waals surface area contributed by atoms with E-state index in [0.717, 1.165) is 0 Å². The lowest BCUT2D eigenvalue weighted by Gasteiger charge is -2.06. The Morgan fingerprint density at radius 3 is 2.79 bits per heavy atom. The number of nitrogens with one attached hydrogen (secondary N) is 1. The highest BCUT2D eigenvalue weighted by molar-refractivity contribution is 8.76. The van der Waals surface area contributed by atoms with E-state index in [1.54, 1.807) is 0 Å². The maximum atomic E-state index is 11.5. The summed E-state index contributed by atoms with van der Waals surface area (Å²) in [4.78, 5) is 29.6. The Kier molecular flexibility index (Phi) is 5.92. The number of hydrogen-bond acceptors (Lipinski definition) is 7. The van der Waals surface area contributed by atoms with Crippen molar-refractivity contribution in [2.45, 2.75) is 12.1 Å². The van der Waals surface area contributed by atoms with Gasteiger partial charge in [-0.2, -0.15) is 4.99 Å². The molecule has 0 fully saturated rings. The molecule has 0 saturated carbocycles. The Morgan fingerprint density at radius 1 is 1.53 bits per heavy atom.